The molecule has 3 aliphatic rings. The summed E-state index contributed by atoms with van der Waals surface area (Å²) in [6.07, 6.45) is 5.61. The van der Waals surface area contributed by atoms with Crippen molar-refractivity contribution >= 4 is 23.6 Å². The third-order valence-electron chi connectivity index (χ3n) is 11.5. The zero-order valence-electron chi connectivity index (χ0n) is 35.8. The molecule has 2 heterocycles. The van der Waals surface area contributed by atoms with Crippen molar-refractivity contribution in [3.8, 4) is 0 Å². The van der Waals surface area contributed by atoms with Crippen LogP contribution in [0.2, 0.25) is 0 Å². The van der Waals surface area contributed by atoms with Crippen LogP contribution in [-0.2, 0) is 42.9 Å². The summed E-state index contributed by atoms with van der Waals surface area (Å²) in [5.41, 5.74) is 1.48. The molecule has 2 aliphatic heterocycles. The second-order valence-electron chi connectivity index (χ2n) is 16.5. The van der Waals surface area contributed by atoms with Crippen molar-refractivity contribution < 1.29 is 63.3 Å². The van der Waals surface area contributed by atoms with Gasteiger partial charge in [0.25, 0.3) is 0 Å². The number of carbonyl (C=O) groups is 4. The highest BCUT2D eigenvalue weighted by molar-refractivity contribution is 6.04. The Bertz CT molecular complexity index is 1670. The molecule has 58 heavy (non-hydrogen) atoms. The van der Waals surface area contributed by atoms with Crippen molar-refractivity contribution in [2.75, 3.05) is 14.2 Å². The maximum atomic E-state index is 13.7. The molecular weight excluding hydrogens is 750 g/mol. The van der Waals surface area contributed by atoms with Crippen LogP contribution < -0.4 is 5.32 Å². The van der Waals surface area contributed by atoms with E-state index in [4.69, 9.17) is 23.7 Å². The van der Waals surface area contributed by atoms with Crippen LogP contribution in [0.3, 0.4) is 0 Å². The summed E-state index contributed by atoms with van der Waals surface area (Å²) in [7, 11) is 2.79. The molecule has 1 amide bonds. The molecule has 14 nitrogen and oxygen atoms in total. The number of methoxy groups -OCH3 is 2. The number of nitrogens with one attached hydrogen (secondary N) is 1. The number of ether oxygens (including phenoxy) is 5. The summed E-state index contributed by atoms with van der Waals surface area (Å²) >= 11 is 0. The fraction of sp³-hybridized carbons (Fsp3) is 0.636. The summed E-state index contributed by atoms with van der Waals surface area (Å²) in [4.78, 5) is 51.1. The molecule has 0 unspecified atom stereocenters. The fourth-order valence-corrected chi connectivity index (χ4v) is 7.95. The Labute approximate surface area is 342 Å². The van der Waals surface area contributed by atoms with E-state index in [1.54, 1.807) is 32.9 Å². The number of aliphatic hydroxyl groups excluding tert-OH is 3. The van der Waals surface area contributed by atoms with E-state index in [2.05, 4.69) is 5.32 Å². The van der Waals surface area contributed by atoms with Gasteiger partial charge >= 0.3 is 11.9 Å². The van der Waals surface area contributed by atoms with E-state index in [1.807, 2.05) is 53.7 Å². The molecule has 12 atom stereocenters. The van der Waals surface area contributed by atoms with Gasteiger partial charge in [0.2, 0.25) is 11.7 Å². The number of carbonyl (C=O) groups excluding carboxylic acids is 4. The summed E-state index contributed by atoms with van der Waals surface area (Å²) in [5.74, 6) is -8.07. The minimum Gasteiger partial charge on any atom is -0.510 e. The normalized spacial score (nSPS) is 35.5. The molecule has 1 aliphatic carbocycles. The van der Waals surface area contributed by atoms with Crippen LogP contribution >= 0.6 is 0 Å². The third-order valence-corrected chi connectivity index (χ3v) is 11.5. The highest BCUT2D eigenvalue weighted by Crippen LogP contribution is 2.42. The second-order valence-corrected chi connectivity index (χ2v) is 16.5. The third kappa shape index (κ3) is 12.5. The van der Waals surface area contributed by atoms with E-state index in [1.165, 1.54) is 20.3 Å². The summed E-state index contributed by atoms with van der Waals surface area (Å²) in [6.45, 7) is 16.5. The monoisotopic (exact) mass is 815 g/mol. The molecule has 3 rings (SSSR count). The van der Waals surface area contributed by atoms with Crippen molar-refractivity contribution in [1.29, 1.82) is 0 Å². The smallest absolute Gasteiger partial charge is 0.373 e. The quantitative estimate of drug-likeness (QED) is 0.137. The molecule has 0 saturated carbocycles. The Morgan fingerprint density at radius 1 is 1.03 bits per heavy atom. The Hall–Kier alpha value is -4.08. The molecule has 1 fully saturated rings. The van der Waals surface area contributed by atoms with E-state index in [0.29, 0.717) is 12.0 Å². The van der Waals surface area contributed by atoms with Crippen molar-refractivity contribution in [3.63, 3.8) is 0 Å². The van der Waals surface area contributed by atoms with E-state index in [9.17, 15) is 39.6 Å². The average Bonchev–Trinajstić information content (AvgIpc) is 3.48. The number of ketones is 1. The topological polar surface area (TPSA) is 207 Å². The molecule has 14 heteroatoms. The SMILES string of the molecule is CO/C1=C/C(C)=C/[C@@H](C)[C@@H](O)[C@@H](C)C/C(C)=C/C=C/[C@H](OC)[C@@H]([C@@H](C)[C@@H](O)[C@H](C)[C@@]2(O)C[C@@H](OC(=O)/C=C/C(=O)NC3=C(O)CCC3=O)[C@H](C)[C@@H](C(C)C)O2)OC1=O. The summed E-state index contributed by atoms with van der Waals surface area (Å²) in [6, 6.07) is 0. The lowest BCUT2D eigenvalue weighted by Gasteiger charge is -2.50. The predicted molar refractivity (Wildman–Crippen MR) is 215 cm³/mol. The standard InChI is InChI=1S/C44H65NO13/c1-23(2)41-28(7)35(56-37(49)18-17-36(48)45-38-31(46)15-16-32(38)47)22-44(53,58-41)30(9)40(51)29(8)42-33(54-10)14-12-13-24(3)19-26(5)39(50)27(6)20-25(4)21-34(55-11)43(52)57-42/h12-14,17-18,20-21,23,26-30,33,35,39-42,46,50-51,53H,15-16,19,22H2,1-11H3,(H,45,48)/b14-12+,18-17+,24-13+,25-20+,34-21+/t26-,27+,28-,29-,30-,33-,35+,39-,40+,41+,42+,44+/m0/s1. The van der Waals surface area contributed by atoms with Crippen molar-refractivity contribution in [2.24, 2.45) is 35.5 Å². The van der Waals surface area contributed by atoms with Crippen molar-refractivity contribution in [3.05, 3.63) is 70.9 Å². The molecule has 0 aromatic heterocycles. The van der Waals surface area contributed by atoms with Crippen LogP contribution in [-0.4, -0.2) is 101 Å². The molecular formula is C44H65NO13. The first kappa shape index (κ1) is 48.3. The van der Waals surface area contributed by atoms with Gasteiger partial charge < -0.3 is 49.4 Å². The van der Waals surface area contributed by atoms with Gasteiger partial charge in [-0.2, -0.15) is 0 Å². The van der Waals surface area contributed by atoms with Gasteiger partial charge in [-0.3, -0.25) is 9.59 Å². The maximum Gasteiger partial charge on any atom is 0.373 e. The first-order valence-corrected chi connectivity index (χ1v) is 20.1. The Morgan fingerprint density at radius 2 is 1.71 bits per heavy atom. The zero-order valence-corrected chi connectivity index (χ0v) is 35.8. The average molecular weight is 816 g/mol. The van der Waals surface area contributed by atoms with Crippen LogP contribution in [0.5, 0.6) is 0 Å². The first-order valence-electron chi connectivity index (χ1n) is 20.1. The molecule has 1 saturated heterocycles. The fourth-order valence-electron chi connectivity index (χ4n) is 7.95. The molecule has 0 spiro atoms. The first-order chi connectivity index (χ1) is 27.1. The van der Waals surface area contributed by atoms with Gasteiger partial charge in [0.05, 0.1) is 25.4 Å². The number of cyclic esters (lactones) is 1. The van der Waals surface area contributed by atoms with Crippen LogP contribution in [0, 0.1) is 35.5 Å². The van der Waals surface area contributed by atoms with Crippen LogP contribution in [0.15, 0.2) is 70.9 Å². The molecule has 324 valence electrons. The zero-order chi connectivity index (χ0) is 43.6. The summed E-state index contributed by atoms with van der Waals surface area (Å²) in [5, 5.41) is 47.4. The van der Waals surface area contributed by atoms with Crippen molar-refractivity contribution in [1.82, 2.24) is 5.32 Å². The highest BCUT2D eigenvalue weighted by Gasteiger charge is 2.53. The van der Waals surface area contributed by atoms with Gasteiger partial charge in [0.15, 0.2) is 11.6 Å². The number of rotatable bonds is 11. The van der Waals surface area contributed by atoms with Gasteiger partial charge in [-0.1, -0.05) is 83.9 Å². The predicted octanol–water partition coefficient (Wildman–Crippen LogP) is 5.05. The van der Waals surface area contributed by atoms with E-state index in [0.717, 1.165) is 17.7 Å². The van der Waals surface area contributed by atoms with Gasteiger partial charge in [-0.15, -0.1) is 0 Å². The van der Waals surface area contributed by atoms with Crippen LogP contribution in [0.1, 0.15) is 88.0 Å². The lowest BCUT2D eigenvalue weighted by atomic mass is 9.76. The van der Waals surface area contributed by atoms with Gasteiger partial charge in [0.1, 0.15) is 29.8 Å². The largest absolute Gasteiger partial charge is 0.510 e. The second kappa shape index (κ2) is 21.3. The number of allylic oxidation sites excluding steroid dienone is 7. The number of esters is 2. The summed E-state index contributed by atoms with van der Waals surface area (Å²) < 4.78 is 29.5. The van der Waals surface area contributed by atoms with Gasteiger partial charge in [0, 0.05) is 62.2 Å². The van der Waals surface area contributed by atoms with Gasteiger partial charge in [-0.05, 0) is 38.2 Å². The Kier molecular flexibility index (Phi) is 17.7. The lowest BCUT2D eigenvalue weighted by Crippen LogP contribution is -2.59. The van der Waals surface area contributed by atoms with Crippen LogP contribution in [0.25, 0.3) is 0 Å². The minimum absolute atomic E-state index is 0.0594. The van der Waals surface area contributed by atoms with Crippen LogP contribution in [0.4, 0.5) is 0 Å². The number of hydrogen-bond donors (Lipinski definition) is 5. The minimum atomic E-state index is -2.04. The number of Topliss-reactive ketones (excluding diaryl/α,β-unsaturated/α-hetero) is 1. The van der Waals surface area contributed by atoms with E-state index in [-0.39, 0.29) is 54.2 Å². The number of aliphatic hydroxyl groups is 4. The maximum absolute atomic E-state index is 13.7. The Balaban J connectivity index is 1.92. The molecule has 0 aromatic rings. The lowest BCUT2D eigenvalue weighted by molar-refractivity contribution is -0.329. The van der Waals surface area contributed by atoms with Gasteiger partial charge in [-0.25, -0.2) is 9.59 Å². The van der Waals surface area contributed by atoms with E-state index < -0.39 is 83.8 Å². The number of hydrogen-bond acceptors (Lipinski definition) is 13. The molecule has 0 aromatic carbocycles. The highest BCUT2D eigenvalue weighted by atomic mass is 16.6. The molecule has 0 bridgehead atoms. The van der Waals surface area contributed by atoms with E-state index >= 15 is 0 Å². The van der Waals surface area contributed by atoms with Crippen molar-refractivity contribution in [2.45, 2.75) is 130 Å². The molecule has 5 N–H and O–H groups in total. The molecule has 0 radical (unpaired) electrons. The Morgan fingerprint density at radius 3 is 2.29 bits per heavy atom. The number of amides is 1.